The summed E-state index contributed by atoms with van der Waals surface area (Å²) in [5.74, 6) is 0.619. The largest absolute Gasteiger partial charge is 0.384 e. The summed E-state index contributed by atoms with van der Waals surface area (Å²) in [5.41, 5.74) is 2.53. The minimum atomic E-state index is 0.485. The summed E-state index contributed by atoms with van der Waals surface area (Å²) in [4.78, 5) is 2.28. The highest BCUT2D eigenvalue weighted by molar-refractivity contribution is 6.30. The Bertz CT molecular complexity index is 363. The van der Waals surface area contributed by atoms with Crippen LogP contribution in [0.2, 0.25) is 5.02 Å². The van der Waals surface area contributed by atoms with E-state index in [1.807, 2.05) is 12.1 Å². The van der Waals surface area contributed by atoms with Gasteiger partial charge in [0.15, 0.2) is 0 Å². The molecular weight excluding hydrogens is 208 g/mol. The van der Waals surface area contributed by atoms with Crippen LogP contribution < -0.4 is 5.32 Å². The van der Waals surface area contributed by atoms with Crippen LogP contribution in [-0.2, 0) is 0 Å². The van der Waals surface area contributed by atoms with Gasteiger partial charge in [0.1, 0.15) is 0 Å². The van der Waals surface area contributed by atoms with E-state index in [9.17, 15) is 0 Å². The van der Waals surface area contributed by atoms with Crippen LogP contribution in [0, 0.1) is 5.92 Å². The van der Waals surface area contributed by atoms with Crippen molar-refractivity contribution >= 4 is 17.3 Å². The molecule has 82 valence electrons. The molecule has 0 aromatic heterocycles. The van der Waals surface area contributed by atoms with E-state index < -0.39 is 0 Å². The van der Waals surface area contributed by atoms with Crippen molar-refractivity contribution in [3.63, 3.8) is 0 Å². The summed E-state index contributed by atoms with van der Waals surface area (Å²) < 4.78 is 0. The van der Waals surface area contributed by atoms with E-state index in [4.69, 9.17) is 11.6 Å². The fourth-order valence-corrected chi connectivity index (χ4v) is 2.59. The second kappa shape index (κ2) is 4.03. The lowest BCUT2D eigenvalue weighted by atomic mass is 9.89. The zero-order valence-corrected chi connectivity index (χ0v) is 10.2. The van der Waals surface area contributed by atoms with Crippen LogP contribution in [0.4, 0.5) is 5.69 Å². The predicted octanol–water partition coefficient (Wildman–Crippen LogP) is 3.00. The summed E-state index contributed by atoms with van der Waals surface area (Å²) in [7, 11) is 4.26. The van der Waals surface area contributed by atoms with Crippen molar-refractivity contribution in [2.24, 2.45) is 5.92 Å². The standard InChI is InChI=1S/C12H17ClN2/c1-8-7-14-11-6-9(13)4-5-10(11)12(8)15(2)3/h4-6,8,12,14H,7H2,1-3H3. The van der Waals surface area contributed by atoms with Crippen LogP contribution >= 0.6 is 11.6 Å². The third kappa shape index (κ3) is 1.97. The molecule has 1 aliphatic heterocycles. The Morgan fingerprint density at radius 3 is 2.80 bits per heavy atom. The molecule has 0 radical (unpaired) electrons. The minimum absolute atomic E-state index is 0.485. The quantitative estimate of drug-likeness (QED) is 0.789. The fourth-order valence-electron chi connectivity index (χ4n) is 2.42. The predicted molar refractivity (Wildman–Crippen MR) is 65.5 cm³/mol. The minimum Gasteiger partial charge on any atom is -0.384 e. The number of fused-ring (bicyclic) bond motifs is 1. The maximum absolute atomic E-state index is 5.99. The number of nitrogens with zero attached hydrogens (tertiary/aromatic N) is 1. The van der Waals surface area contributed by atoms with E-state index in [0.29, 0.717) is 12.0 Å². The van der Waals surface area contributed by atoms with E-state index in [-0.39, 0.29) is 0 Å². The second-order valence-electron chi connectivity index (χ2n) is 4.50. The third-order valence-corrected chi connectivity index (χ3v) is 3.28. The fraction of sp³-hybridized carbons (Fsp3) is 0.500. The first-order chi connectivity index (χ1) is 7.09. The Hall–Kier alpha value is -0.730. The molecule has 2 unspecified atom stereocenters. The van der Waals surface area contributed by atoms with Gasteiger partial charge >= 0.3 is 0 Å². The summed E-state index contributed by atoms with van der Waals surface area (Å²) in [6, 6.07) is 6.60. The van der Waals surface area contributed by atoms with Crippen LogP contribution in [0.15, 0.2) is 18.2 Å². The number of rotatable bonds is 1. The van der Waals surface area contributed by atoms with Crippen LogP contribution in [0.3, 0.4) is 0 Å². The Morgan fingerprint density at radius 1 is 1.40 bits per heavy atom. The molecule has 0 saturated heterocycles. The maximum Gasteiger partial charge on any atom is 0.0426 e. The lowest BCUT2D eigenvalue weighted by molar-refractivity contribution is 0.225. The van der Waals surface area contributed by atoms with Crippen LogP contribution in [0.1, 0.15) is 18.5 Å². The third-order valence-electron chi connectivity index (χ3n) is 3.04. The molecule has 15 heavy (non-hydrogen) atoms. The van der Waals surface area contributed by atoms with Gasteiger partial charge in [0.05, 0.1) is 0 Å². The first-order valence-corrected chi connectivity index (χ1v) is 5.67. The van der Waals surface area contributed by atoms with E-state index >= 15 is 0 Å². The molecule has 2 rings (SSSR count). The Labute approximate surface area is 96.2 Å². The number of halogens is 1. The molecule has 1 aliphatic rings. The Kier molecular flexibility index (Phi) is 2.89. The van der Waals surface area contributed by atoms with Gasteiger partial charge in [0, 0.05) is 23.3 Å². The van der Waals surface area contributed by atoms with E-state index in [1.165, 1.54) is 11.3 Å². The summed E-state index contributed by atoms with van der Waals surface area (Å²) >= 11 is 5.99. The number of benzene rings is 1. The molecule has 1 aromatic carbocycles. The van der Waals surface area contributed by atoms with Gasteiger partial charge in [0.25, 0.3) is 0 Å². The van der Waals surface area contributed by atoms with E-state index in [0.717, 1.165) is 11.6 Å². The molecule has 1 N–H and O–H groups in total. The Morgan fingerprint density at radius 2 is 2.13 bits per heavy atom. The molecule has 0 amide bonds. The van der Waals surface area contributed by atoms with Crippen molar-refractivity contribution in [3.8, 4) is 0 Å². The van der Waals surface area contributed by atoms with Crippen molar-refractivity contribution in [1.29, 1.82) is 0 Å². The summed E-state index contributed by atoms with van der Waals surface area (Å²) in [5, 5.41) is 4.23. The van der Waals surface area contributed by atoms with E-state index in [2.05, 4.69) is 37.3 Å². The first kappa shape index (κ1) is 10.8. The zero-order valence-electron chi connectivity index (χ0n) is 9.42. The van der Waals surface area contributed by atoms with Gasteiger partial charge in [-0.1, -0.05) is 24.6 Å². The van der Waals surface area contributed by atoms with Crippen molar-refractivity contribution in [2.45, 2.75) is 13.0 Å². The molecule has 0 aliphatic carbocycles. The van der Waals surface area contributed by atoms with Crippen molar-refractivity contribution in [2.75, 3.05) is 26.0 Å². The SMILES string of the molecule is CC1CNc2cc(Cl)ccc2C1N(C)C. The normalized spacial score (nSPS) is 24.9. The molecule has 1 heterocycles. The average molecular weight is 225 g/mol. The number of nitrogens with one attached hydrogen (secondary N) is 1. The lowest BCUT2D eigenvalue weighted by Crippen LogP contribution is -2.34. The van der Waals surface area contributed by atoms with Gasteiger partial charge in [-0.15, -0.1) is 0 Å². The molecule has 0 bridgehead atoms. The van der Waals surface area contributed by atoms with Crippen molar-refractivity contribution in [3.05, 3.63) is 28.8 Å². The molecule has 0 fully saturated rings. The highest BCUT2D eigenvalue weighted by atomic mass is 35.5. The first-order valence-electron chi connectivity index (χ1n) is 5.29. The topological polar surface area (TPSA) is 15.3 Å². The monoisotopic (exact) mass is 224 g/mol. The number of anilines is 1. The maximum atomic E-state index is 5.99. The molecule has 1 aromatic rings. The molecule has 2 atom stereocenters. The summed E-state index contributed by atoms with van der Waals surface area (Å²) in [6.45, 7) is 3.28. The number of hydrogen-bond donors (Lipinski definition) is 1. The average Bonchev–Trinajstić information content (AvgIpc) is 2.17. The van der Waals surface area contributed by atoms with Crippen LogP contribution in [0.5, 0.6) is 0 Å². The van der Waals surface area contributed by atoms with E-state index in [1.54, 1.807) is 0 Å². The number of hydrogen-bond acceptors (Lipinski definition) is 2. The smallest absolute Gasteiger partial charge is 0.0426 e. The van der Waals surface area contributed by atoms with Gasteiger partial charge in [-0.25, -0.2) is 0 Å². The zero-order chi connectivity index (χ0) is 11.0. The van der Waals surface area contributed by atoms with Crippen molar-refractivity contribution in [1.82, 2.24) is 4.90 Å². The van der Waals surface area contributed by atoms with Crippen molar-refractivity contribution < 1.29 is 0 Å². The Balaban J connectivity index is 2.43. The van der Waals surface area contributed by atoms with Gasteiger partial charge in [-0.05, 0) is 37.7 Å². The van der Waals surface area contributed by atoms with Gasteiger partial charge < -0.3 is 10.2 Å². The second-order valence-corrected chi connectivity index (χ2v) is 4.93. The highest BCUT2D eigenvalue weighted by Gasteiger charge is 2.27. The van der Waals surface area contributed by atoms with Gasteiger partial charge in [-0.2, -0.15) is 0 Å². The summed E-state index contributed by atoms with van der Waals surface area (Å²) in [6.07, 6.45) is 0. The highest BCUT2D eigenvalue weighted by Crippen LogP contribution is 2.37. The van der Waals surface area contributed by atoms with Gasteiger partial charge in [0.2, 0.25) is 0 Å². The molecular formula is C12H17ClN2. The molecule has 0 spiro atoms. The molecule has 3 heteroatoms. The van der Waals surface area contributed by atoms with Gasteiger partial charge in [-0.3, -0.25) is 0 Å². The molecule has 2 nitrogen and oxygen atoms in total. The lowest BCUT2D eigenvalue weighted by Gasteiger charge is -2.36. The molecule has 0 saturated carbocycles. The van der Waals surface area contributed by atoms with Crippen LogP contribution in [-0.4, -0.2) is 25.5 Å². The van der Waals surface area contributed by atoms with Crippen LogP contribution in [0.25, 0.3) is 0 Å².